The molecule has 0 bridgehead atoms. The molecule has 4 rings (SSSR count). The third kappa shape index (κ3) is 2.21. The summed E-state index contributed by atoms with van der Waals surface area (Å²) in [7, 11) is 1.64. The van der Waals surface area contributed by atoms with Crippen molar-refractivity contribution >= 4 is 10.9 Å². The molecule has 0 spiro atoms. The lowest BCUT2D eigenvalue weighted by Crippen LogP contribution is -1.99. The molecule has 0 saturated carbocycles. The second kappa shape index (κ2) is 5.38. The van der Waals surface area contributed by atoms with Gasteiger partial charge >= 0.3 is 0 Å². The van der Waals surface area contributed by atoms with Crippen LogP contribution in [-0.4, -0.2) is 35.4 Å². The quantitative estimate of drug-likeness (QED) is 0.740. The second-order valence-corrected chi connectivity index (χ2v) is 5.25. The maximum Gasteiger partial charge on any atom is 0.276 e. The van der Waals surface area contributed by atoms with Crippen LogP contribution in [0.25, 0.3) is 22.5 Å². The van der Waals surface area contributed by atoms with Crippen LogP contribution in [0.1, 0.15) is 18.2 Å². The Hall–Kier alpha value is -2.47. The zero-order chi connectivity index (χ0) is 14.9. The number of aromatic nitrogens is 3. The van der Waals surface area contributed by atoms with Crippen LogP contribution in [0.5, 0.6) is 5.75 Å². The maximum absolute atomic E-state index is 5.45. The van der Waals surface area contributed by atoms with Gasteiger partial charge in [0.1, 0.15) is 11.4 Å². The summed E-state index contributed by atoms with van der Waals surface area (Å²) < 4.78 is 16.2. The first-order chi connectivity index (χ1) is 10.8. The molecule has 1 aliphatic rings. The molecule has 1 saturated heterocycles. The first-order valence-corrected chi connectivity index (χ1v) is 7.20. The highest BCUT2D eigenvalue weighted by Gasteiger charge is 2.24. The van der Waals surface area contributed by atoms with Crippen molar-refractivity contribution in [1.29, 1.82) is 0 Å². The molecule has 1 aromatic carbocycles. The normalized spacial score (nSPS) is 18.0. The zero-order valence-electron chi connectivity index (χ0n) is 12.2. The number of methoxy groups -OCH3 is 1. The van der Waals surface area contributed by atoms with Crippen LogP contribution >= 0.6 is 0 Å². The highest BCUT2D eigenvalue weighted by Crippen LogP contribution is 2.30. The van der Waals surface area contributed by atoms with Crippen LogP contribution in [-0.2, 0) is 4.74 Å². The Morgan fingerprint density at radius 3 is 2.95 bits per heavy atom. The lowest BCUT2D eigenvalue weighted by atomic mass is 10.1. The SMILES string of the molecule is COc1cc(-c2nc([C@H]3CCOC3)no2)nc2ccccc12. The van der Waals surface area contributed by atoms with Crippen LogP contribution in [0.2, 0.25) is 0 Å². The van der Waals surface area contributed by atoms with Crippen LogP contribution in [0.3, 0.4) is 0 Å². The van der Waals surface area contributed by atoms with Gasteiger partial charge < -0.3 is 14.0 Å². The number of fused-ring (bicyclic) bond motifs is 1. The van der Waals surface area contributed by atoms with Gasteiger partial charge in [-0.25, -0.2) is 4.98 Å². The van der Waals surface area contributed by atoms with Crippen molar-refractivity contribution in [1.82, 2.24) is 15.1 Å². The summed E-state index contributed by atoms with van der Waals surface area (Å²) >= 11 is 0. The third-order valence-electron chi connectivity index (χ3n) is 3.85. The summed E-state index contributed by atoms with van der Waals surface area (Å²) in [5.41, 5.74) is 1.45. The van der Waals surface area contributed by atoms with Gasteiger partial charge in [0.2, 0.25) is 0 Å². The van der Waals surface area contributed by atoms with Gasteiger partial charge in [-0.1, -0.05) is 17.3 Å². The highest BCUT2D eigenvalue weighted by molar-refractivity contribution is 5.87. The molecular formula is C16H15N3O3. The lowest BCUT2D eigenvalue weighted by molar-refractivity contribution is 0.192. The van der Waals surface area contributed by atoms with E-state index in [4.69, 9.17) is 14.0 Å². The van der Waals surface area contributed by atoms with E-state index in [0.717, 1.165) is 29.7 Å². The number of nitrogens with zero attached hydrogens (tertiary/aromatic N) is 3. The van der Waals surface area contributed by atoms with Gasteiger partial charge in [0, 0.05) is 24.0 Å². The molecule has 1 aliphatic heterocycles. The molecule has 0 amide bonds. The van der Waals surface area contributed by atoms with Crippen molar-refractivity contribution in [2.45, 2.75) is 12.3 Å². The minimum atomic E-state index is 0.208. The Morgan fingerprint density at radius 1 is 1.23 bits per heavy atom. The Kier molecular flexibility index (Phi) is 3.23. The first-order valence-electron chi connectivity index (χ1n) is 7.20. The van der Waals surface area contributed by atoms with E-state index in [0.29, 0.717) is 24.0 Å². The van der Waals surface area contributed by atoms with E-state index in [1.165, 1.54) is 0 Å². The number of pyridine rings is 1. The number of ether oxygens (including phenoxy) is 2. The van der Waals surface area contributed by atoms with E-state index in [2.05, 4.69) is 15.1 Å². The fourth-order valence-corrected chi connectivity index (χ4v) is 2.66. The standard InChI is InChI=1S/C16H15N3O3/c1-20-14-8-13(17-12-5-3-2-4-11(12)14)16-18-15(19-22-16)10-6-7-21-9-10/h2-5,8,10H,6-7,9H2,1H3/t10-/m0/s1. The van der Waals surface area contributed by atoms with Crippen molar-refractivity contribution in [2.24, 2.45) is 0 Å². The minimum Gasteiger partial charge on any atom is -0.496 e. The van der Waals surface area contributed by atoms with Crippen LogP contribution < -0.4 is 4.74 Å². The molecule has 1 atom stereocenters. The number of hydrogen-bond acceptors (Lipinski definition) is 6. The summed E-state index contributed by atoms with van der Waals surface area (Å²) in [4.78, 5) is 9.06. The van der Waals surface area contributed by atoms with Crippen molar-refractivity contribution in [3.05, 3.63) is 36.2 Å². The molecule has 112 valence electrons. The molecule has 22 heavy (non-hydrogen) atoms. The van der Waals surface area contributed by atoms with Crippen LogP contribution in [0.4, 0.5) is 0 Å². The van der Waals surface area contributed by atoms with Crippen LogP contribution in [0.15, 0.2) is 34.9 Å². The molecule has 6 heteroatoms. The fraction of sp³-hybridized carbons (Fsp3) is 0.312. The molecule has 0 unspecified atom stereocenters. The van der Waals surface area contributed by atoms with E-state index < -0.39 is 0 Å². The number of para-hydroxylation sites is 1. The zero-order valence-corrected chi connectivity index (χ0v) is 12.2. The molecule has 3 aromatic rings. The monoisotopic (exact) mass is 297 g/mol. The Bertz CT molecular complexity index is 809. The summed E-state index contributed by atoms with van der Waals surface area (Å²) in [6, 6.07) is 9.62. The van der Waals surface area contributed by atoms with Crippen molar-refractivity contribution < 1.29 is 14.0 Å². The largest absolute Gasteiger partial charge is 0.496 e. The summed E-state index contributed by atoms with van der Waals surface area (Å²) in [6.07, 6.45) is 0.924. The number of benzene rings is 1. The predicted octanol–water partition coefficient (Wildman–Crippen LogP) is 2.80. The van der Waals surface area contributed by atoms with E-state index >= 15 is 0 Å². The molecule has 2 aromatic heterocycles. The van der Waals surface area contributed by atoms with Gasteiger partial charge in [0.15, 0.2) is 5.82 Å². The average Bonchev–Trinajstić information content (AvgIpc) is 3.24. The number of hydrogen-bond donors (Lipinski definition) is 0. The lowest BCUT2D eigenvalue weighted by Gasteiger charge is -2.06. The topological polar surface area (TPSA) is 70.3 Å². The van der Waals surface area contributed by atoms with Crippen molar-refractivity contribution in [2.75, 3.05) is 20.3 Å². The van der Waals surface area contributed by atoms with Crippen molar-refractivity contribution in [3.8, 4) is 17.3 Å². The van der Waals surface area contributed by atoms with E-state index in [1.807, 2.05) is 30.3 Å². The van der Waals surface area contributed by atoms with Crippen molar-refractivity contribution in [3.63, 3.8) is 0 Å². The summed E-state index contributed by atoms with van der Waals surface area (Å²) in [5, 5.41) is 5.02. The maximum atomic E-state index is 5.45. The second-order valence-electron chi connectivity index (χ2n) is 5.25. The van der Waals surface area contributed by atoms with Gasteiger partial charge in [-0.3, -0.25) is 0 Å². The van der Waals surface area contributed by atoms with E-state index in [-0.39, 0.29) is 5.92 Å². The summed E-state index contributed by atoms with van der Waals surface area (Å²) in [6.45, 7) is 1.39. The molecule has 0 N–H and O–H groups in total. The van der Waals surface area contributed by atoms with Gasteiger partial charge in [0.05, 0.1) is 19.2 Å². The minimum absolute atomic E-state index is 0.208. The highest BCUT2D eigenvalue weighted by atomic mass is 16.5. The Balaban J connectivity index is 1.77. The van der Waals surface area contributed by atoms with E-state index in [1.54, 1.807) is 7.11 Å². The summed E-state index contributed by atoms with van der Waals surface area (Å²) in [5.74, 6) is 2.04. The van der Waals surface area contributed by atoms with Gasteiger partial charge in [-0.15, -0.1) is 0 Å². The van der Waals surface area contributed by atoms with Crippen LogP contribution in [0, 0.1) is 0 Å². The number of rotatable bonds is 3. The molecule has 3 heterocycles. The Morgan fingerprint density at radius 2 is 2.14 bits per heavy atom. The fourth-order valence-electron chi connectivity index (χ4n) is 2.66. The molecule has 6 nitrogen and oxygen atoms in total. The smallest absolute Gasteiger partial charge is 0.276 e. The van der Waals surface area contributed by atoms with Gasteiger partial charge in [-0.05, 0) is 18.6 Å². The van der Waals surface area contributed by atoms with E-state index in [9.17, 15) is 0 Å². The predicted molar refractivity (Wildman–Crippen MR) is 79.8 cm³/mol. The Labute approximate surface area is 127 Å². The average molecular weight is 297 g/mol. The van der Waals surface area contributed by atoms with Gasteiger partial charge in [0.25, 0.3) is 5.89 Å². The molecule has 0 aliphatic carbocycles. The first kappa shape index (κ1) is 13.2. The molecular weight excluding hydrogens is 282 g/mol. The van der Waals surface area contributed by atoms with Gasteiger partial charge in [-0.2, -0.15) is 4.98 Å². The third-order valence-corrected chi connectivity index (χ3v) is 3.85. The molecule has 0 radical (unpaired) electrons. The molecule has 1 fully saturated rings.